The minimum atomic E-state index is 0. The van der Waals surface area contributed by atoms with Crippen molar-refractivity contribution in [2.45, 2.75) is 41.0 Å². The van der Waals surface area contributed by atoms with Gasteiger partial charge in [-0.2, -0.15) is 0 Å². The van der Waals surface area contributed by atoms with E-state index < -0.39 is 0 Å². The molecule has 1 nitrogen and oxygen atoms in total. The standard InChI is InChI=1S/C12H19N.C2H6.H2/c1-4-13-8-7-12-6-5-10(2)11(3)9-12;1-2;/h5-6,9,13H,4,7-8H2,1-3H3;1-2H3;1H. The predicted molar refractivity (Wildman–Crippen MR) is 71.6 cm³/mol. The van der Waals surface area contributed by atoms with Crippen molar-refractivity contribution >= 4 is 0 Å². The molecule has 0 saturated carbocycles. The van der Waals surface area contributed by atoms with Crippen molar-refractivity contribution < 1.29 is 1.43 Å². The normalized spacial score (nSPS) is 9.40. The first-order valence-electron chi connectivity index (χ1n) is 6.01. The minimum absolute atomic E-state index is 0. The Bertz CT molecular complexity index is 271. The van der Waals surface area contributed by atoms with Gasteiger partial charge in [0.1, 0.15) is 0 Å². The number of hydrogen-bond donors (Lipinski definition) is 1. The number of nitrogens with one attached hydrogen (secondary N) is 1. The monoisotopic (exact) mass is 209 g/mol. The third-order valence-corrected chi connectivity index (χ3v) is 2.41. The Labute approximate surface area is 96.4 Å². The van der Waals surface area contributed by atoms with Gasteiger partial charge in [-0.15, -0.1) is 0 Å². The lowest BCUT2D eigenvalue weighted by atomic mass is 10.0. The lowest BCUT2D eigenvalue weighted by Crippen LogP contribution is -2.16. The molecular formula is C14H27N. The van der Waals surface area contributed by atoms with Crippen LogP contribution in [0.2, 0.25) is 0 Å². The summed E-state index contributed by atoms with van der Waals surface area (Å²) in [6.45, 7) is 12.6. The van der Waals surface area contributed by atoms with Gasteiger partial charge in [-0.3, -0.25) is 0 Å². The van der Waals surface area contributed by atoms with E-state index in [2.05, 4.69) is 44.3 Å². The highest BCUT2D eigenvalue weighted by Gasteiger charge is 1.95. The Balaban J connectivity index is 0. The summed E-state index contributed by atoms with van der Waals surface area (Å²) in [5.41, 5.74) is 4.21. The molecule has 1 aromatic rings. The number of hydrogen-bond acceptors (Lipinski definition) is 1. The molecule has 15 heavy (non-hydrogen) atoms. The van der Waals surface area contributed by atoms with Gasteiger partial charge >= 0.3 is 0 Å². The second kappa shape index (κ2) is 8.49. The first-order chi connectivity index (χ1) is 7.24. The maximum absolute atomic E-state index is 3.33. The fourth-order valence-corrected chi connectivity index (χ4v) is 1.37. The third-order valence-electron chi connectivity index (χ3n) is 2.41. The van der Waals surface area contributed by atoms with Crippen molar-refractivity contribution in [2.75, 3.05) is 13.1 Å². The zero-order chi connectivity index (χ0) is 11.7. The SMILES string of the molecule is CC.CCNCCc1ccc(C)c(C)c1.[HH]. The van der Waals surface area contributed by atoms with E-state index in [1.54, 1.807) is 0 Å². The van der Waals surface area contributed by atoms with Crippen LogP contribution in [0.4, 0.5) is 0 Å². The Morgan fingerprint density at radius 3 is 2.33 bits per heavy atom. The number of rotatable bonds is 4. The minimum Gasteiger partial charge on any atom is -0.317 e. The summed E-state index contributed by atoms with van der Waals surface area (Å²) in [7, 11) is 0. The number of likely N-dealkylation sites (N-methyl/N-ethyl adjacent to an activating group) is 1. The van der Waals surface area contributed by atoms with Crippen LogP contribution >= 0.6 is 0 Å². The van der Waals surface area contributed by atoms with Gasteiger partial charge < -0.3 is 5.32 Å². The van der Waals surface area contributed by atoms with E-state index in [1.807, 2.05) is 13.8 Å². The van der Waals surface area contributed by atoms with Crippen LogP contribution in [0, 0.1) is 13.8 Å². The molecule has 0 aliphatic heterocycles. The molecule has 0 aliphatic carbocycles. The van der Waals surface area contributed by atoms with Crippen molar-refractivity contribution in [3.8, 4) is 0 Å². The van der Waals surface area contributed by atoms with Gasteiger partial charge in [-0.05, 0) is 50.0 Å². The highest BCUT2D eigenvalue weighted by molar-refractivity contribution is 5.29. The Hall–Kier alpha value is -0.820. The molecule has 0 bridgehead atoms. The predicted octanol–water partition coefficient (Wildman–Crippen LogP) is 3.73. The molecule has 0 fully saturated rings. The summed E-state index contributed by atoms with van der Waals surface area (Å²) in [6, 6.07) is 6.71. The summed E-state index contributed by atoms with van der Waals surface area (Å²) in [5, 5.41) is 3.33. The summed E-state index contributed by atoms with van der Waals surface area (Å²) in [4.78, 5) is 0. The molecule has 0 unspecified atom stereocenters. The highest BCUT2D eigenvalue weighted by atomic mass is 14.8. The second-order valence-corrected chi connectivity index (χ2v) is 3.52. The topological polar surface area (TPSA) is 12.0 Å². The molecule has 1 N–H and O–H groups in total. The molecule has 1 rings (SSSR count). The van der Waals surface area contributed by atoms with Gasteiger partial charge in [0.25, 0.3) is 0 Å². The van der Waals surface area contributed by atoms with Crippen LogP contribution in [0.15, 0.2) is 18.2 Å². The van der Waals surface area contributed by atoms with Crippen LogP contribution in [0.1, 0.15) is 38.9 Å². The number of benzene rings is 1. The van der Waals surface area contributed by atoms with Crippen LogP contribution < -0.4 is 5.32 Å². The van der Waals surface area contributed by atoms with Crippen molar-refractivity contribution in [1.29, 1.82) is 0 Å². The van der Waals surface area contributed by atoms with E-state index in [9.17, 15) is 0 Å². The van der Waals surface area contributed by atoms with Gasteiger partial charge in [-0.25, -0.2) is 0 Å². The molecule has 0 radical (unpaired) electrons. The Kier molecular flexibility index (Phi) is 8.02. The lowest BCUT2D eigenvalue weighted by Gasteiger charge is -2.05. The van der Waals surface area contributed by atoms with E-state index in [0.29, 0.717) is 0 Å². The lowest BCUT2D eigenvalue weighted by molar-refractivity contribution is 0.716. The maximum atomic E-state index is 3.33. The van der Waals surface area contributed by atoms with Gasteiger partial charge in [0, 0.05) is 1.43 Å². The zero-order valence-corrected chi connectivity index (χ0v) is 10.9. The number of aryl methyl sites for hydroxylation is 2. The van der Waals surface area contributed by atoms with Gasteiger partial charge in [0.05, 0.1) is 0 Å². The zero-order valence-electron chi connectivity index (χ0n) is 10.9. The molecule has 1 heteroatoms. The van der Waals surface area contributed by atoms with Crippen molar-refractivity contribution in [1.82, 2.24) is 5.32 Å². The van der Waals surface area contributed by atoms with Gasteiger partial charge in [-0.1, -0.05) is 39.0 Å². The van der Waals surface area contributed by atoms with Crippen LogP contribution in [-0.2, 0) is 6.42 Å². The van der Waals surface area contributed by atoms with Crippen molar-refractivity contribution in [3.63, 3.8) is 0 Å². The first-order valence-corrected chi connectivity index (χ1v) is 6.01. The fourth-order valence-electron chi connectivity index (χ4n) is 1.37. The molecule has 0 spiro atoms. The molecule has 0 heterocycles. The average Bonchev–Trinajstić information content (AvgIpc) is 2.27. The third kappa shape index (κ3) is 5.58. The van der Waals surface area contributed by atoms with E-state index in [4.69, 9.17) is 0 Å². The Morgan fingerprint density at radius 1 is 1.13 bits per heavy atom. The molecule has 0 atom stereocenters. The second-order valence-electron chi connectivity index (χ2n) is 3.52. The summed E-state index contributed by atoms with van der Waals surface area (Å²) in [5.74, 6) is 0. The van der Waals surface area contributed by atoms with Crippen LogP contribution in [0.5, 0.6) is 0 Å². The molecule has 88 valence electrons. The van der Waals surface area contributed by atoms with E-state index in [-0.39, 0.29) is 1.43 Å². The van der Waals surface area contributed by atoms with Crippen molar-refractivity contribution in [2.24, 2.45) is 0 Å². The maximum Gasteiger partial charge on any atom is 0 e. The first kappa shape index (κ1) is 14.2. The Morgan fingerprint density at radius 2 is 1.80 bits per heavy atom. The van der Waals surface area contributed by atoms with Crippen LogP contribution in [0.3, 0.4) is 0 Å². The fraction of sp³-hybridized carbons (Fsp3) is 0.571. The van der Waals surface area contributed by atoms with Crippen LogP contribution in [-0.4, -0.2) is 13.1 Å². The van der Waals surface area contributed by atoms with Gasteiger partial charge in [0.15, 0.2) is 0 Å². The van der Waals surface area contributed by atoms with E-state index in [0.717, 1.165) is 19.5 Å². The molecule has 1 aromatic carbocycles. The largest absolute Gasteiger partial charge is 0.317 e. The quantitative estimate of drug-likeness (QED) is 0.745. The van der Waals surface area contributed by atoms with Gasteiger partial charge in [0.2, 0.25) is 0 Å². The summed E-state index contributed by atoms with van der Waals surface area (Å²) >= 11 is 0. The molecule has 0 saturated heterocycles. The van der Waals surface area contributed by atoms with E-state index >= 15 is 0 Å². The molecular weight excluding hydrogens is 182 g/mol. The van der Waals surface area contributed by atoms with Crippen molar-refractivity contribution in [3.05, 3.63) is 34.9 Å². The smallest absolute Gasteiger partial charge is 0 e. The highest BCUT2D eigenvalue weighted by Crippen LogP contribution is 2.09. The molecule has 0 aliphatic rings. The van der Waals surface area contributed by atoms with Crippen LogP contribution in [0.25, 0.3) is 0 Å². The molecule has 0 aromatic heterocycles. The summed E-state index contributed by atoms with van der Waals surface area (Å²) in [6.07, 6.45) is 1.13. The molecule has 0 amide bonds. The average molecular weight is 209 g/mol. The summed E-state index contributed by atoms with van der Waals surface area (Å²) < 4.78 is 0. The van der Waals surface area contributed by atoms with E-state index in [1.165, 1.54) is 16.7 Å².